The van der Waals surface area contributed by atoms with Crippen LogP contribution in [-0.2, 0) is 19.5 Å². The molecule has 2 aromatic carbocycles. The van der Waals surface area contributed by atoms with Crippen molar-refractivity contribution in [3.63, 3.8) is 0 Å². The van der Waals surface area contributed by atoms with Gasteiger partial charge in [-0.3, -0.25) is 4.79 Å². The van der Waals surface area contributed by atoms with Crippen LogP contribution in [-0.4, -0.2) is 58.0 Å². The highest BCUT2D eigenvalue weighted by Gasteiger charge is 2.30. The number of benzene rings is 2. The van der Waals surface area contributed by atoms with Gasteiger partial charge in [-0.15, -0.1) is 0 Å². The smallest absolute Gasteiger partial charge is 0.337 e. The van der Waals surface area contributed by atoms with E-state index < -0.39 is 21.9 Å². The molecular weight excluding hydrogens is 384 g/mol. The first-order valence-electron chi connectivity index (χ1n) is 8.60. The number of anilines is 1. The number of nitrogens with one attached hydrogen (secondary N) is 1. The van der Waals surface area contributed by atoms with Crippen LogP contribution in [0.1, 0.15) is 20.7 Å². The standard InChI is InChI=1S/C19H20N2O6S/c1-26-19(23)14-6-8-15(9-7-14)20-18(22)16-4-2-3-5-17(16)28(24,25)21-10-12-27-13-11-21/h2-9H,10-13H2,1H3,(H,20,22). The number of carbonyl (C=O) groups excluding carboxylic acids is 2. The van der Waals surface area contributed by atoms with Crippen molar-refractivity contribution < 1.29 is 27.5 Å². The summed E-state index contributed by atoms with van der Waals surface area (Å²) >= 11 is 0. The summed E-state index contributed by atoms with van der Waals surface area (Å²) in [5.41, 5.74) is 0.818. The Balaban J connectivity index is 1.84. The highest BCUT2D eigenvalue weighted by Crippen LogP contribution is 2.22. The minimum absolute atomic E-state index is 0.0473. The normalized spacial score (nSPS) is 15.0. The van der Waals surface area contributed by atoms with E-state index >= 15 is 0 Å². The Kier molecular flexibility index (Phi) is 6.08. The van der Waals surface area contributed by atoms with Crippen molar-refractivity contribution in [3.8, 4) is 0 Å². The molecule has 1 saturated heterocycles. The number of morpholine rings is 1. The third kappa shape index (κ3) is 4.22. The van der Waals surface area contributed by atoms with Gasteiger partial charge in [0.1, 0.15) is 0 Å². The number of nitrogens with zero attached hydrogens (tertiary/aromatic N) is 1. The predicted molar refractivity (Wildman–Crippen MR) is 102 cm³/mol. The molecule has 0 bridgehead atoms. The third-order valence-corrected chi connectivity index (χ3v) is 6.24. The van der Waals surface area contributed by atoms with Gasteiger partial charge in [-0.25, -0.2) is 13.2 Å². The zero-order valence-corrected chi connectivity index (χ0v) is 16.1. The Bertz CT molecular complexity index is 966. The number of hydrogen-bond donors (Lipinski definition) is 1. The van der Waals surface area contributed by atoms with Crippen molar-refractivity contribution in [2.45, 2.75) is 4.90 Å². The second kappa shape index (κ2) is 8.51. The SMILES string of the molecule is COC(=O)c1ccc(NC(=O)c2ccccc2S(=O)(=O)N2CCOCC2)cc1. The molecule has 28 heavy (non-hydrogen) atoms. The summed E-state index contributed by atoms with van der Waals surface area (Å²) in [6.45, 7) is 1.13. The van der Waals surface area contributed by atoms with Gasteiger partial charge in [-0.2, -0.15) is 4.31 Å². The topological polar surface area (TPSA) is 102 Å². The summed E-state index contributed by atoms with van der Waals surface area (Å²) in [6.07, 6.45) is 0. The molecule has 0 saturated carbocycles. The lowest BCUT2D eigenvalue weighted by atomic mass is 10.2. The van der Waals surface area contributed by atoms with Crippen molar-refractivity contribution in [2.75, 3.05) is 38.7 Å². The predicted octanol–water partition coefficient (Wildman–Crippen LogP) is 1.75. The fourth-order valence-electron chi connectivity index (χ4n) is 2.81. The molecule has 0 radical (unpaired) electrons. The lowest BCUT2D eigenvalue weighted by molar-refractivity contribution is 0.0600. The molecule has 1 fully saturated rings. The van der Waals surface area contributed by atoms with Crippen molar-refractivity contribution >= 4 is 27.6 Å². The van der Waals surface area contributed by atoms with E-state index in [1.54, 1.807) is 24.3 Å². The molecule has 3 rings (SSSR count). The molecular formula is C19H20N2O6S. The second-order valence-electron chi connectivity index (χ2n) is 6.04. The molecule has 8 nitrogen and oxygen atoms in total. The van der Waals surface area contributed by atoms with Crippen LogP contribution < -0.4 is 5.32 Å². The van der Waals surface area contributed by atoms with Crippen LogP contribution in [0.5, 0.6) is 0 Å². The Labute approximate surface area is 163 Å². The molecule has 0 unspecified atom stereocenters. The Morgan fingerprint density at radius 2 is 1.68 bits per heavy atom. The van der Waals surface area contributed by atoms with Crippen LogP contribution in [0, 0.1) is 0 Å². The number of sulfonamides is 1. The number of hydrogen-bond acceptors (Lipinski definition) is 6. The molecule has 2 aromatic rings. The molecule has 0 spiro atoms. The molecule has 0 atom stereocenters. The minimum atomic E-state index is -3.82. The second-order valence-corrected chi connectivity index (χ2v) is 7.94. The van der Waals surface area contributed by atoms with Gasteiger partial charge in [-0.05, 0) is 36.4 Å². The number of methoxy groups -OCH3 is 1. The third-order valence-electron chi connectivity index (χ3n) is 4.28. The van der Waals surface area contributed by atoms with Crippen molar-refractivity contribution in [1.82, 2.24) is 4.31 Å². The summed E-state index contributed by atoms with van der Waals surface area (Å²) in [5.74, 6) is -1.04. The number of ether oxygens (including phenoxy) is 2. The number of carbonyl (C=O) groups is 2. The van der Waals surface area contributed by atoms with Crippen LogP contribution in [0.15, 0.2) is 53.4 Å². The lowest BCUT2D eigenvalue weighted by Crippen LogP contribution is -2.41. The van der Waals surface area contributed by atoms with Gasteiger partial charge in [0.05, 0.1) is 36.3 Å². The van der Waals surface area contributed by atoms with E-state index in [2.05, 4.69) is 10.1 Å². The summed E-state index contributed by atoms with van der Waals surface area (Å²) in [4.78, 5) is 24.2. The molecule has 0 aliphatic carbocycles. The van der Waals surface area contributed by atoms with E-state index in [1.807, 2.05) is 0 Å². The fraction of sp³-hybridized carbons (Fsp3) is 0.263. The van der Waals surface area contributed by atoms with Gasteiger partial charge in [0.15, 0.2) is 0 Å². The van der Waals surface area contributed by atoms with Gasteiger partial charge in [0, 0.05) is 18.8 Å². The van der Waals surface area contributed by atoms with Gasteiger partial charge in [0.25, 0.3) is 5.91 Å². The molecule has 1 amide bonds. The van der Waals surface area contributed by atoms with E-state index in [9.17, 15) is 18.0 Å². The fourth-order valence-corrected chi connectivity index (χ4v) is 4.41. The molecule has 1 aliphatic rings. The quantitative estimate of drug-likeness (QED) is 0.762. The minimum Gasteiger partial charge on any atom is -0.465 e. The maximum absolute atomic E-state index is 13.0. The van der Waals surface area contributed by atoms with Gasteiger partial charge in [-0.1, -0.05) is 12.1 Å². The molecule has 1 aliphatic heterocycles. The van der Waals surface area contributed by atoms with Gasteiger partial charge in [0.2, 0.25) is 10.0 Å². The van der Waals surface area contributed by atoms with Crippen molar-refractivity contribution in [2.24, 2.45) is 0 Å². The van der Waals surface area contributed by atoms with Crippen LogP contribution in [0.25, 0.3) is 0 Å². The van der Waals surface area contributed by atoms with E-state index in [0.717, 1.165) is 0 Å². The van der Waals surface area contributed by atoms with Crippen molar-refractivity contribution in [3.05, 3.63) is 59.7 Å². The average molecular weight is 404 g/mol. The summed E-state index contributed by atoms with van der Waals surface area (Å²) in [6, 6.07) is 12.2. The number of esters is 1. The maximum atomic E-state index is 13.0. The monoisotopic (exact) mass is 404 g/mol. The Hall–Kier alpha value is -2.75. The first-order chi connectivity index (χ1) is 13.4. The summed E-state index contributed by atoms with van der Waals surface area (Å²) in [5, 5.41) is 2.66. The largest absolute Gasteiger partial charge is 0.465 e. The molecule has 1 N–H and O–H groups in total. The van der Waals surface area contributed by atoms with Crippen LogP contribution in [0.4, 0.5) is 5.69 Å². The van der Waals surface area contributed by atoms with Crippen molar-refractivity contribution in [1.29, 1.82) is 0 Å². The average Bonchev–Trinajstić information content (AvgIpc) is 2.74. The van der Waals surface area contributed by atoms with Gasteiger partial charge >= 0.3 is 5.97 Å². The zero-order chi connectivity index (χ0) is 20.1. The molecule has 1 heterocycles. The van der Waals surface area contributed by atoms with E-state index in [1.165, 1.54) is 35.7 Å². The molecule has 148 valence electrons. The Morgan fingerprint density at radius 3 is 2.32 bits per heavy atom. The van der Waals surface area contributed by atoms with E-state index in [4.69, 9.17) is 4.74 Å². The summed E-state index contributed by atoms with van der Waals surface area (Å²) < 4.78 is 37.1. The Morgan fingerprint density at radius 1 is 1.04 bits per heavy atom. The highest BCUT2D eigenvalue weighted by atomic mass is 32.2. The van der Waals surface area contributed by atoms with E-state index in [-0.39, 0.29) is 23.5 Å². The van der Waals surface area contributed by atoms with Crippen LogP contribution in [0.3, 0.4) is 0 Å². The number of rotatable bonds is 5. The highest BCUT2D eigenvalue weighted by molar-refractivity contribution is 7.89. The molecule has 0 aromatic heterocycles. The number of amides is 1. The van der Waals surface area contributed by atoms with Crippen LogP contribution >= 0.6 is 0 Å². The lowest BCUT2D eigenvalue weighted by Gasteiger charge is -2.26. The van der Waals surface area contributed by atoms with Crippen LogP contribution in [0.2, 0.25) is 0 Å². The summed E-state index contributed by atoms with van der Waals surface area (Å²) in [7, 11) is -2.54. The van der Waals surface area contributed by atoms with Gasteiger partial charge < -0.3 is 14.8 Å². The van der Waals surface area contributed by atoms with E-state index in [0.29, 0.717) is 24.5 Å². The first kappa shape index (κ1) is 20.0. The first-order valence-corrected chi connectivity index (χ1v) is 10.0. The zero-order valence-electron chi connectivity index (χ0n) is 15.3. The maximum Gasteiger partial charge on any atom is 0.337 e. The molecule has 9 heteroatoms.